The molecule has 45 heavy (non-hydrogen) atoms. The molecule has 1 aliphatic rings. The lowest BCUT2D eigenvalue weighted by molar-refractivity contribution is -0.148. The Morgan fingerprint density at radius 1 is 0.956 bits per heavy atom. The van der Waals surface area contributed by atoms with Crippen molar-refractivity contribution in [1.29, 1.82) is 0 Å². The number of ether oxygens (including phenoxy) is 1. The SMILES string of the molecule is Nc1c(C(=O)c2ccc(F)cc2)ccc(=O)n1-c1c(F)cc(OCCCN[C@](C(=O)O)(c2ccccc2)C2CCCC2)cc1F. The number of aromatic nitrogens is 1. The van der Waals surface area contributed by atoms with Crippen LogP contribution in [0.3, 0.4) is 0 Å². The number of nitrogens with two attached hydrogens (primary N) is 1. The minimum absolute atomic E-state index is 0.0180. The summed E-state index contributed by atoms with van der Waals surface area (Å²) in [4.78, 5) is 38.3. The summed E-state index contributed by atoms with van der Waals surface area (Å²) in [5.41, 5.74) is 3.69. The maximum Gasteiger partial charge on any atom is 0.328 e. The van der Waals surface area contributed by atoms with Crippen molar-refractivity contribution in [2.24, 2.45) is 5.92 Å². The van der Waals surface area contributed by atoms with E-state index in [9.17, 15) is 23.9 Å². The topological polar surface area (TPSA) is 124 Å². The summed E-state index contributed by atoms with van der Waals surface area (Å²) < 4.78 is 50.0. The molecule has 0 bridgehead atoms. The van der Waals surface area contributed by atoms with Gasteiger partial charge in [-0.2, -0.15) is 0 Å². The van der Waals surface area contributed by atoms with Gasteiger partial charge in [0.05, 0.1) is 12.2 Å². The zero-order chi connectivity index (χ0) is 32.1. The van der Waals surface area contributed by atoms with E-state index in [4.69, 9.17) is 10.5 Å². The van der Waals surface area contributed by atoms with Gasteiger partial charge in [0.25, 0.3) is 5.56 Å². The first kappa shape index (κ1) is 31.5. The highest BCUT2D eigenvalue weighted by Gasteiger charge is 2.47. The van der Waals surface area contributed by atoms with Crippen LogP contribution in [0.25, 0.3) is 5.69 Å². The number of carbonyl (C=O) groups is 2. The first-order valence-corrected chi connectivity index (χ1v) is 14.6. The molecule has 3 aromatic carbocycles. The van der Waals surface area contributed by atoms with E-state index in [1.54, 1.807) is 24.3 Å². The molecule has 11 heteroatoms. The predicted octanol–water partition coefficient (Wildman–Crippen LogP) is 5.60. The lowest BCUT2D eigenvalue weighted by Crippen LogP contribution is -2.54. The highest BCUT2D eigenvalue weighted by atomic mass is 19.1. The second-order valence-electron chi connectivity index (χ2n) is 11.0. The monoisotopic (exact) mass is 619 g/mol. The average molecular weight is 620 g/mol. The van der Waals surface area contributed by atoms with Gasteiger partial charge in [-0.05, 0) is 67.6 Å². The number of carboxylic acids is 1. The highest BCUT2D eigenvalue weighted by molar-refractivity contribution is 6.11. The number of carboxylic acid groups (broad SMARTS) is 1. The summed E-state index contributed by atoms with van der Waals surface area (Å²) in [5.74, 6) is -5.22. The van der Waals surface area contributed by atoms with Gasteiger partial charge >= 0.3 is 5.97 Å². The highest BCUT2D eigenvalue weighted by Crippen LogP contribution is 2.41. The van der Waals surface area contributed by atoms with Gasteiger partial charge < -0.3 is 15.6 Å². The Morgan fingerprint density at radius 3 is 2.22 bits per heavy atom. The number of benzene rings is 3. The minimum atomic E-state index is -1.27. The molecule has 4 N–H and O–H groups in total. The molecule has 8 nitrogen and oxygen atoms in total. The quantitative estimate of drug-likeness (QED) is 0.139. The molecule has 1 fully saturated rings. The second kappa shape index (κ2) is 13.4. The van der Waals surface area contributed by atoms with Crippen LogP contribution in [-0.2, 0) is 10.3 Å². The van der Waals surface area contributed by atoms with Crippen molar-refractivity contribution >= 4 is 17.6 Å². The van der Waals surface area contributed by atoms with E-state index in [-0.39, 0.29) is 35.9 Å². The summed E-state index contributed by atoms with van der Waals surface area (Å²) in [6, 6.07) is 17.6. The molecule has 234 valence electrons. The Morgan fingerprint density at radius 2 is 1.60 bits per heavy atom. The van der Waals surface area contributed by atoms with Crippen molar-refractivity contribution in [1.82, 2.24) is 9.88 Å². The third kappa shape index (κ3) is 6.34. The molecule has 0 radical (unpaired) electrons. The fraction of sp³-hybridized carbons (Fsp3) is 0.265. The maximum absolute atomic E-state index is 15.3. The fourth-order valence-corrected chi connectivity index (χ4v) is 6.04. The summed E-state index contributed by atoms with van der Waals surface area (Å²) in [7, 11) is 0. The Bertz CT molecular complexity index is 1730. The predicted molar refractivity (Wildman–Crippen MR) is 162 cm³/mol. The summed E-state index contributed by atoms with van der Waals surface area (Å²) in [6.07, 6.45) is 3.81. The van der Waals surface area contributed by atoms with Gasteiger partial charge in [-0.1, -0.05) is 43.2 Å². The largest absolute Gasteiger partial charge is 0.493 e. The van der Waals surface area contributed by atoms with Crippen LogP contribution in [0.15, 0.2) is 83.7 Å². The molecule has 1 atom stereocenters. The number of carbonyl (C=O) groups excluding carboxylic acids is 1. The number of hydrogen-bond acceptors (Lipinski definition) is 6. The second-order valence-corrected chi connectivity index (χ2v) is 11.0. The van der Waals surface area contributed by atoms with Crippen LogP contribution in [0.4, 0.5) is 19.0 Å². The Hall–Kier alpha value is -4.90. The van der Waals surface area contributed by atoms with Crippen molar-refractivity contribution in [3.8, 4) is 11.4 Å². The molecule has 1 aliphatic carbocycles. The van der Waals surface area contributed by atoms with Crippen molar-refractivity contribution in [2.45, 2.75) is 37.6 Å². The number of nitrogen functional groups attached to an aromatic ring is 1. The molecule has 1 heterocycles. The van der Waals surface area contributed by atoms with Gasteiger partial charge in [-0.3, -0.25) is 19.5 Å². The smallest absolute Gasteiger partial charge is 0.328 e. The maximum atomic E-state index is 15.3. The van der Waals surface area contributed by atoms with Crippen molar-refractivity contribution in [3.63, 3.8) is 0 Å². The normalized spacial score (nSPS) is 14.6. The standard InChI is InChI=1S/C34H32F3N3O5/c35-24-13-11-21(12-14-24)31(42)26-15-16-29(41)40(32(26)38)30-27(36)19-25(20-28(30)37)45-18-6-17-39-34(33(43)44,23-9-4-5-10-23)22-7-2-1-3-8-22/h1-3,7-8,11-16,19-20,23,39H,4-6,9-10,17-18,38H2,(H,43,44)/t34-/m1/s1. The zero-order valence-corrected chi connectivity index (χ0v) is 24.3. The minimum Gasteiger partial charge on any atom is -0.493 e. The lowest BCUT2D eigenvalue weighted by Gasteiger charge is -2.37. The van der Waals surface area contributed by atoms with E-state index >= 15 is 8.78 Å². The van der Waals surface area contributed by atoms with Gasteiger partial charge in [0.1, 0.15) is 28.6 Å². The number of aliphatic carboxylic acids is 1. The molecule has 0 amide bonds. The van der Waals surface area contributed by atoms with E-state index in [2.05, 4.69) is 5.32 Å². The molecule has 1 saturated carbocycles. The Labute approximate surface area is 257 Å². The van der Waals surface area contributed by atoms with E-state index in [0.717, 1.165) is 62.1 Å². The summed E-state index contributed by atoms with van der Waals surface area (Å²) in [6.45, 7) is 0.283. The van der Waals surface area contributed by atoms with Gasteiger partial charge in [-0.25, -0.2) is 18.0 Å². The van der Waals surface area contributed by atoms with Crippen LogP contribution in [0.2, 0.25) is 0 Å². The average Bonchev–Trinajstić information content (AvgIpc) is 3.56. The van der Waals surface area contributed by atoms with Crippen molar-refractivity contribution < 1.29 is 32.6 Å². The van der Waals surface area contributed by atoms with Crippen LogP contribution in [0.5, 0.6) is 5.75 Å². The zero-order valence-electron chi connectivity index (χ0n) is 24.3. The number of ketones is 1. The van der Waals surface area contributed by atoms with Gasteiger partial charge in [0.15, 0.2) is 17.4 Å². The van der Waals surface area contributed by atoms with Crippen molar-refractivity contribution in [2.75, 3.05) is 18.9 Å². The first-order valence-electron chi connectivity index (χ1n) is 14.6. The number of anilines is 1. The number of rotatable bonds is 12. The molecular weight excluding hydrogens is 587 g/mol. The van der Waals surface area contributed by atoms with Crippen LogP contribution in [-0.4, -0.2) is 34.6 Å². The Balaban J connectivity index is 1.30. The lowest BCUT2D eigenvalue weighted by atomic mass is 9.76. The number of hydrogen-bond donors (Lipinski definition) is 3. The Kier molecular flexibility index (Phi) is 9.38. The molecule has 0 aliphatic heterocycles. The van der Waals surface area contributed by atoms with Gasteiger partial charge in [-0.15, -0.1) is 0 Å². The van der Waals surface area contributed by atoms with E-state index < -0.39 is 51.8 Å². The number of halogens is 3. The van der Waals surface area contributed by atoms with Crippen LogP contribution >= 0.6 is 0 Å². The van der Waals surface area contributed by atoms with Crippen LogP contribution < -0.4 is 21.3 Å². The number of nitrogens with zero attached hydrogens (tertiary/aromatic N) is 1. The van der Waals surface area contributed by atoms with Crippen molar-refractivity contribution in [3.05, 3.63) is 123 Å². The third-order valence-corrected chi connectivity index (χ3v) is 8.22. The van der Waals surface area contributed by atoms with Gasteiger partial charge in [0.2, 0.25) is 0 Å². The van der Waals surface area contributed by atoms with E-state index in [0.29, 0.717) is 16.6 Å². The van der Waals surface area contributed by atoms with Crippen LogP contribution in [0.1, 0.15) is 53.6 Å². The molecular formula is C34H32F3N3O5. The summed E-state index contributed by atoms with van der Waals surface area (Å²) >= 11 is 0. The van der Waals surface area contributed by atoms with Crippen LogP contribution in [0, 0.1) is 23.4 Å². The third-order valence-electron chi connectivity index (χ3n) is 8.22. The summed E-state index contributed by atoms with van der Waals surface area (Å²) in [5, 5.41) is 13.6. The molecule has 4 aromatic rings. The molecule has 1 aromatic heterocycles. The van der Waals surface area contributed by atoms with E-state index in [1.807, 2.05) is 6.07 Å². The number of nitrogens with one attached hydrogen (secondary N) is 1. The molecule has 0 saturated heterocycles. The van der Waals surface area contributed by atoms with Gasteiger partial charge in [0, 0.05) is 23.8 Å². The molecule has 0 spiro atoms. The molecule has 5 rings (SSSR count). The number of pyridine rings is 1. The van der Waals surface area contributed by atoms with E-state index in [1.165, 1.54) is 12.1 Å². The fourth-order valence-electron chi connectivity index (χ4n) is 6.04. The first-order chi connectivity index (χ1) is 21.6. The molecule has 0 unspecified atom stereocenters.